The minimum Gasteiger partial charge on any atom is -0.322 e. The fourth-order valence-electron chi connectivity index (χ4n) is 4.02. The normalized spacial score (nSPS) is 13.6. The summed E-state index contributed by atoms with van der Waals surface area (Å²) in [4.78, 5) is 6.06. The molecule has 0 saturated carbocycles. The first-order valence-electron chi connectivity index (χ1n) is 10.4. The predicted molar refractivity (Wildman–Crippen MR) is 127 cm³/mol. The van der Waals surface area contributed by atoms with Gasteiger partial charge in [-0.2, -0.15) is 0 Å². The van der Waals surface area contributed by atoms with Gasteiger partial charge in [0, 0.05) is 35.0 Å². The zero-order valence-electron chi connectivity index (χ0n) is 17.9. The highest BCUT2D eigenvalue weighted by atomic mass is 32.2. The van der Waals surface area contributed by atoms with Crippen LogP contribution in [0.15, 0.2) is 94.1 Å². The fourth-order valence-corrected chi connectivity index (χ4v) is 6.28. The molecular weight excluding hydrogens is 438 g/mol. The lowest BCUT2D eigenvalue weighted by atomic mass is 9.95. The maximum Gasteiger partial charge on any atom is 0.267 e. The first-order valence-corrected chi connectivity index (χ1v) is 12.7. The quantitative estimate of drug-likeness (QED) is 0.405. The Balaban J connectivity index is 1.51. The minimum absolute atomic E-state index is 0.305. The molecule has 7 heteroatoms. The molecule has 5 nitrogen and oxygen atoms in total. The number of nitrogens with zero attached hydrogens (tertiary/aromatic N) is 3. The second kappa shape index (κ2) is 8.15. The molecule has 0 spiro atoms. The molecule has 0 aliphatic heterocycles. The highest BCUT2D eigenvalue weighted by molar-refractivity contribution is 7.99. The van der Waals surface area contributed by atoms with Crippen LogP contribution in [-0.2, 0) is 23.5 Å². The van der Waals surface area contributed by atoms with Gasteiger partial charge in [0.25, 0.3) is 10.0 Å². The van der Waals surface area contributed by atoms with Gasteiger partial charge < -0.3 is 4.57 Å². The Morgan fingerprint density at radius 2 is 1.75 bits per heavy atom. The number of hydrogen-bond donors (Lipinski definition) is 0. The highest BCUT2D eigenvalue weighted by Gasteiger charge is 2.26. The Morgan fingerprint density at radius 1 is 1.00 bits per heavy atom. The lowest BCUT2D eigenvalue weighted by Gasteiger charge is -2.18. The van der Waals surface area contributed by atoms with Gasteiger partial charge in [-0.15, -0.1) is 0 Å². The first kappa shape index (κ1) is 20.8. The van der Waals surface area contributed by atoms with Crippen LogP contribution >= 0.6 is 11.8 Å². The number of imidazole rings is 1. The number of aryl methyl sites for hydroxylation is 1. The fraction of sp³-hybridized carbons (Fsp3) is 0.160. The third kappa shape index (κ3) is 3.61. The summed E-state index contributed by atoms with van der Waals surface area (Å²) >= 11 is 1.61. The summed E-state index contributed by atoms with van der Waals surface area (Å²) in [6, 6.07) is 19.1. The lowest BCUT2D eigenvalue weighted by Crippen LogP contribution is -2.17. The Labute approximate surface area is 192 Å². The van der Waals surface area contributed by atoms with Crippen molar-refractivity contribution in [2.24, 2.45) is 7.05 Å². The smallest absolute Gasteiger partial charge is 0.267 e. The average molecular weight is 462 g/mol. The Hall–Kier alpha value is -3.03. The van der Waals surface area contributed by atoms with E-state index in [-0.39, 0.29) is 0 Å². The maximum atomic E-state index is 13.3. The number of benzene rings is 2. The van der Waals surface area contributed by atoms with E-state index < -0.39 is 10.0 Å². The topological polar surface area (TPSA) is 56.9 Å². The molecule has 0 unspecified atom stereocenters. The van der Waals surface area contributed by atoms with Crippen LogP contribution in [0.3, 0.4) is 0 Å². The molecule has 32 heavy (non-hydrogen) atoms. The molecule has 0 atom stereocenters. The van der Waals surface area contributed by atoms with Crippen molar-refractivity contribution < 1.29 is 8.42 Å². The summed E-state index contributed by atoms with van der Waals surface area (Å²) in [5.74, 6) is 0. The van der Waals surface area contributed by atoms with Crippen LogP contribution in [0.5, 0.6) is 0 Å². The molecule has 1 aliphatic carbocycles. The molecular formula is C25H23N3O2S2. The van der Waals surface area contributed by atoms with Crippen LogP contribution in [0.2, 0.25) is 0 Å². The summed E-state index contributed by atoms with van der Waals surface area (Å²) in [7, 11) is -1.64. The molecule has 162 valence electrons. The molecule has 2 aromatic heterocycles. The predicted octanol–water partition coefficient (Wildman–Crippen LogP) is 5.30. The van der Waals surface area contributed by atoms with Crippen LogP contribution in [0.4, 0.5) is 0 Å². The van der Waals surface area contributed by atoms with Crippen molar-refractivity contribution in [2.75, 3.05) is 0 Å². The number of allylic oxidation sites excluding steroid dienone is 1. The van der Waals surface area contributed by atoms with E-state index in [0.717, 1.165) is 44.6 Å². The third-order valence-corrected chi connectivity index (χ3v) is 8.52. The molecule has 0 fully saturated rings. The van der Waals surface area contributed by atoms with E-state index in [9.17, 15) is 8.42 Å². The van der Waals surface area contributed by atoms with Gasteiger partial charge in [0.15, 0.2) is 5.16 Å². The van der Waals surface area contributed by atoms with Crippen LogP contribution in [0.25, 0.3) is 5.57 Å². The molecule has 4 aromatic rings. The Kier molecular flexibility index (Phi) is 5.31. The van der Waals surface area contributed by atoms with Crippen LogP contribution in [0.1, 0.15) is 28.9 Å². The van der Waals surface area contributed by atoms with Gasteiger partial charge in [-0.05, 0) is 50.1 Å². The van der Waals surface area contributed by atoms with Crippen molar-refractivity contribution in [2.45, 2.75) is 34.7 Å². The van der Waals surface area contributed by atoms with E-state index in [2.05, 4.69) is 27.8 Å². The monoisotopic (exact) mass is 461 g/mol. The molecule has 2 heterocycles. The number of rotatable bonds is 5. The van der Waals surface area contributed by atoms with E-state index in [1.54, 1.807) is 30.1 Å². The molecule has 2 aromatic carbocycles. The van der Waals surface area contributed by atoms with E-state index in [1.807, 2.05) is 56.6 Å². The van der Waals surface area contributed by atoms with Crippen molar-refractivity contribution in [3.8, 4) is 0 Å². The standard InChI is InChI=1S/C25H23N3O2S2/c1-18-11-13-20(14-12-18)32(29,30)28-16-15-22-21(9-6-10-23(22)28)24-17-26-25(27(24)2)31-19-7-4-3-5-8-19/h3-5,7-9,11-17H,6,10H2,1-2H3. The van der Waals surface area contributed by atoms with Gasteiger partial charge in [-0.3, -0.25) is 0 Å². The van der Waals surface area contributed by atoms with Gasteiger partial charge in [-0.1, -0.05) is 53.7 Å². The second-order valence-electron chi connectivity index (χ2n) is 7.85. The van der Waals surface area contributed by atoms with E-state index in [1.165, 1.54) is 3.97 Å². The second-order valence-corrected chi connectivity index (χ2v) is 10.7. The highest BCUT2D eigenvalue weighted by Crippen LogP contribution is 2.36. The molecule has 0 N–H and O–H groups in total. The van der Waals surface area contributed by atoms with Crippen molar-refractivity contribution in [1.29, 1.82) is 0 Å². The summed E-state index contributed by atoms with van der Waals surface area (Å²) < 4.78 is 30.2. The van der Waals surface area contributed by atoms with Crippen LogP contribution in [0, 0.1) is 6.92 Å². The zero-order valence-corrected chi connectivity index (χ0v) is 19.5. The van der Waals surface area contributed by atoms with Crippen molar-refractivity contribution in [1.82, 2.24) is 13.5 Å². The Morgan fingerprint density at radius 3 is 2.50 bits per heavy atom. The molecule has 5 rings (SSSR count). The van der Waals surface area contributed by atoms with Gasteiger partial charge >= 0.3 is 0 Å². The average Bonchev–Trinajstić information content (AvgIpc) is 3.39. The minimum atomic E-state index is -3.64. The molecule has 0 amide bonds. The van der Waals surface area contributed by atoms with E-state index in [0.29, 0.717) is 11.3 Å². The van der Waals surface area contributed by atoms with Crippen LogP contribution in [-0.4, -0.2) is 21.9 Å². The molecule has 1 aliphatic rings. The SMILES string of the molecule is Cc1ccc(S(=O)(=O)n2ccc3c2CCC=C3c2cnc(Sc3ccccc3)n2C)cc1. The lowest BCUT2D eigenvalue weighted by molar-refractivity contribution is 0.585. The van der Waals surface area contributed by atoms with Gasteiger partial charge in [0.05, 0.1) is 16.8 Å². The number of hydrogen-bond acceptors (Lipinski definition) is 4. The third-order valence-electron chi connectivity index (χ3n) is 5.72. The summed E-state index contributed by atoms with van der Waals surface area (Å²) in [6.45, 7) is 1.95. The zero-order chi connectivity index (χ0) is 22.3. The van der Waals surface area contributed by atoms with Crippen molar-refractivity contribution in [3.63, 3.8) is 0 Å². The van der Waals surface area contributed by atoms with Gasteiger partial charge in [-0.25, -0.2) is 17.4 Å². The van der Waals surface area contributed by atoms with E-state index >= 15 is 0 Å². The molecule has 0 bridgehead atoms. The van der Waals surface area contributed by atoms with Crippen molar-refractivity contribution in [3.05, 3.63) is 102 Å². The molecule has 0 radical (unpaired) electrons. The van der Waals surface area contributed by atoms with Crippen molar-refractivity contribution >= 4 is 27.4 Å². The largest absolute Gasteiger partial charge is 0.322 e. The maximum absolute atomic E-state index is 13.3. The van der Waals surface area contributed by atoms with Gasteiger partial charge in [0.2, 0.25) is 0 Å². The summed E-state index contributed by atoms with van der Waals surface area (Å²) in [5, 5.41) is 0.894. The Bertz CT molecular complexity index is 1410. The first-order chi connectivity index (χ1) is 15.4. The van der Waals surface area contributed by atoms with Crippen LogP contribution < -0.4 is 0 Å². The number of fused-ring (bicyclic) bond motifs is 1. The summed E-state index contributed by atoms with van der Waals surface area (Å²) in [5.41, 5.74) is 4.81. The number of aromatic nitrogens is 3. The van der Waals surface area contributed by atoms with E-state index in [4.69, 9.17) is 0 Å². The molecule has 0 saturated heterocycles. The summed E-state index contributed by atoms with van der Waals surface area (Å²) in [6.07, 6.45) is 7.19. The van der Waals surface area contributed by atoms with Gasteiger partial charge in [0.1, 0.15) is 0 Å².